The van der Waals surface area contributed by atoms with Gasteiger partial charge in [-0.2, -0.15) is 0 Å². The van der Waals surface area contributed by atoms with Crippen LogP contribution in [0.5, 0.6) is 5.88 Å². The molecule has 1 rings (SSSR count). The molecule has 0 aliphatic carbocycles. The van der Waals surface area contributed by atoms with E-state index in [1.165, 1.54) is 0 Å². The highest BCUT2D eigenvalue weighted by molar-refractivity contribution is 6.31. The molecule has 68 valence electrons. The fourth-order valence-electron chi connectivity index (χ4n) is 0.819. The van der Waals surface area contributed by atoms with E-state index in [1.807, 2.05) is 0 Å². The molecule has 0 bridgehead atoms. The van der Waals surface area contributed by atoms with Crippen LogP contribution in [-0.2, 0) is 5.54 Å². The van der Waals surface area contributed by atoms with Crippen molar-refractivity contribution in [3.63, 3.8) is 0 Å². The normalized spacial score (nSPS) is 11.8. The van der Waals surface area contributed by atoms with Crippen molar-refractivity contribution in [3.8, 4) is 5.88 Å². The summed E-state index contributed by atoms with van der Waals surface area (Å²) in [7, 11) is 1.56. The zero-order valence-electron chi connectivity index (χ0n) is 7.76. The number of rotatable bonds is 1. The van der Waals surface area contributed by atoms with E-state index in [-0.39, 0.29) is 5.54 Å². The summed E-state index contributed by atoms with van der Waals surface area (Å²) in [6.07, 6.45) is 1.76. The number of halogens is 1. The maximum Gasteiger partial charge on any atom is 0.251 e. The van der Waals surface area contributed by atoms with Crippen molar-refractivity contribution in [1.29, 1.82) is 0 Å². The van der Waals surface area contributed by atoms with Crippen molar-refractivity contribution in [1.82, 2.24) is 9.78 Å². The fraction of sp³-hybridized carbons (Fsp3) is 0.625. The van der Waals surface area contributed by atoms with Gasteiger partial charge in [0.2, 0.25) is 0 Å². The molecule has 0 N–H and O–H groups in total. The lowest BCUT2D eigenvalue weighted by Crippen LogP contribution is -2.22. The minimum atomic E-state index is -0.0551. The molecule has 0 saturated carbocycles. The monoisotopic (exact) mass is 188 g/mol. The first-order valence-corrected chi connectivity index (χ1v) is 4.12. The molecule has 4 heteroatoms. The van der Waals surface area contributed by atoms with E-state index in [0.717, 1.165) is 0 Å². The van der Waals surface area contributed by atoms with E-state index in [0.29, 0.717) is 10.9 Å². The van der Waals surface area contributed by atoms with Crippen molar-refractivity contribution < 1.29 is 4.74 Å². The number of hydrogen-bond donors (Lipinski definition) is 0. The van der Waals surface area contributed by atoms with Crippen LogP contribution >= 0.6 is 11.6 Å². The number of hydrogen-bond acceptors (Lipinski definition) is 2. The van der Waals surface area contributed by atoms with Crippen molar-refractivity contribution in [2.24, 2.45) is 0 Å². The first-order chi connectivity index (χ1) is 5.45. The summed E-state index contributed by atoms with van der Waals surface area (Å²) in [6, 6.07) is 0. The highest BCUT2D eigenvalue weighted by Gasteiger charge is 2.17. The Morgan fingerprint density at radius 3 is 2.33 bits per heavy atom. The maximum atomic E-state index is 5.84. The Balaban J connectivity index is 3.05. The minimum absolute atomic E-state index is 0.0551. The number of ether oxygens (including phenoxy) is 1. The number of aromatic nitrogens is 2. The van der Waals surface area contributed by atoms with Crippen LogP contribution < -0.4 is 4.74 Å². The van der Waals surface area contributed by atoms with Gasteiger partial charge in [-0.1, -0.05) is 11.6 Å². The van der Waals surface area contributed by atoms with Gasteiger partial charge in [-0.3, -0.25) is 4.68 Å². The average molecular weight is 189 g/mol. The van der Waals surface area contributed by atoms with Crippen LogP contribution in [-0.4, -0.2) is 16.9 Å². The zero-order valence-corrected chi connectivity index (χ0v) is 8.51. The Labute approximate surface area is 77.3 Å². The van der Waals surface area contributed by atoms with E-state index in [9.17, 15) is 0 Å². The first-order valence-electron chi connectivity index (χ1n) is 3.75. The molecule has 1 aromatic heterocycles. The van der Waals surface area contributed by atoms with Crippen molar-refractivity contribution in [3.05, 3.63) is 11.2 Å². The Morgan fingerprint density at radius 1 is 1.50 bits per heavy atom. The van der Waals surface area contributed by atoms with Crippen LogP contribution in [0, 0.1) is 0 Å². The van der Waals surface area contributed by atoms with Gasteiger partial charge in [0.1, 0.15) is 5.02 Å². The van der Waals surface area contributed by atoms with Crippen molar-refractivity contribution in [2.45, 2.75) is 26.3 Å². The van der Waals surface area contributed by atoms with Crippen LogP contribution in [0.2, 0.25) is 5.02 Å². The largest absolute Gasteiger partial charge is 0.479 e. The Bertz CT molecular complexity index is 275. The summed E-state index contributed by atoms with van der Waals surface area (Å²) in [6.45, 7) is 6.15. The third-order valence-corrected chi connectivity index (χ3v) is 1.78. The van der Waals surface area contributed by atoms with Crippen molar-refractivity contribution >= 4 is 11.6 Å². The molecule has 0 spiro atoms. The van der Waals surface area contributed by atoms with Gasteiger partial charge in [-0.05, 0) is 20.8 Å². The van der Waals surface area contributed by atoms with Crippen LogP contribution in [0.15, 0.2) is 6.20 Å². The summed E-state index contributed by atoms with van der Waals surface area (Å²) in [5, 5.41) is 4.71. The number of methoxy groups -OCH3 is 1. The van der Waals surface area contributed by atoms with E-state index in [1.54, 1.807) is 18.0 Å². The second-order valence-electron chi connectivity index (χ2n) is 3.60. The average Bonchev–Trinajstić information content (AvgIpc) is 2.29. The molecule has 0 amide bonds. The van der Waals surface area contributed by atoms with Crippen LogP contribution in [0.1, 0.15) is 20.8 Å². The third kappa shape index (κ3) is 1.72. The highest BCUT2D eigenvalue weighted by atomic mass is 35.5. The van der Waals surface area contributed by atoms with Gasteiger partial charge in [0.25, 0.3) is 5.88 Å². The smallest absolute Gasteiger partial charge is 0.251 e. The lowest BCUT2D eigenvalue weighted by atomic mass is 10.1. The second kappa shape index (κ2) is 2.98. The van der Waals surface area contributed by atoms with Crippen molar-refractivity contribution in [2.75, 3.05) is 7.11 Å². The zero-order chi connectivity index (χ0) is 9.35. The van der Waals surface area contributed by atoms with Gasteiger partial charge in [0.05, 0.1) is 12.6 Å². The SMILES string of the molecule is COc1nn(C(C)(C)C)cc1Cl. The van der Waals surface area contributed by atoms with Gasteiger partial charge >= 0.3 is 0 Å². The standard InChI is InChI=1S/C8H13ClN2O/c1-8(2,3)11-5-6(9)7(10-11)12-4/h5H,1-4H3. The fourth-order valence-corrected chi connectivity index (χ4v) is 1.03. The minimum Gasteiger partial charge on any atom is -0.479 e. The van der Waals surface area contributed by atoms with Gasteiger partial charge in [-0.25, -0.2) is 0 Å². The molecule has 12 heavy (non-hydrogen) atoms. The second-order valence-corrected chi connectivity index (χ2v) is 4.01. The summed E-state index contributed by atoms with van der Waals surface area (Å²) in [5.41, 5.74) is -0.0551. The van der Waals surface area contributed by atoms with Gasteiger partial charge in [-0.15, -0.1) is 5.10 Å². The molecule has 1 aromatic rings. The molecule has 0 unspecified atom stereocenters. The van der Waals surface area contributed by atoms with E-state index in [2.05, 4.69) is 25.9 Å². The molecule has 0 atom stereocenters. The van der Waals surface area contributed by atoms with Crippen LogP contribution in [0.4, 0.5) is 0 Å². The molecule has 0 fully saturated rings. The molecule has 0 aliphatic rings. The van der Waals surface area contributed by atoms with Gasteiger partial charge < -0.3 is 4.74 Å². The predicted molar refractivity (Wildman–Crippen MR) is 48.8 cm³/mol. The molecular formula is C8H13ClN2O. The molecule has 0 radical (unpaired) electrons. The van der Waals surface area contributed by atoms with E-state index in [4.69, 9.17) is 16.3 Å². The molecule has 3 nitrogen and oxygen atoms in total. The summed E-state index contributed by atoms with van der Waals surface area (Å²) in [4.78, 5) is 0. The van der Waals surface area contributed by atoms with Crippen LogP contribution in [0.3, 0.4) is 0 Å². The van der Waals surface area contributed by atoms with Gasteiger partial charge in [0, 0.05) is 6.20 Å². The lowest BCUT2D eigenvalue weighted by molar-refractivity contribution is 0.329. The quantitative estimate of drug-likeness (QED) is 0.676. The molecular weight excluding hydrogens is 176 g/mol. The van der Waals surface area contributed by atoms with E-state index < -0.39 is 0 Å². The Kier molecular flexibility index (Phi) is 2.33. The molecule has 0 aliphatic heterocycles. The molecule has 0 aromatic carbocycles. The highest BCUT2D eigenvalue weighted by Crippen LogP contribution is 2.25. The lowest BCUT2D eigenvalue weighted by Gasteiger charge is -2.18. The topological polar surface area (TPSA) is 27.1 Å². The Morgan fingerprint density at radius 2 is 2.08 bits per heavy atom. The molecule has 0 saturated heterocycles. The summed E-state index contributed by atoms with van der Waals surface area (Å²) in [5.74, 6) is 0.478. The van der Waals surface area contributed by atoms with E-state index >= 15 is 0 Å². The van der Waals surface area contributed by atoms with Crippen LogP contribution in [0.25, 0.3) is 0 Å². The number of nitrogens with zero attached hydrogens (tertiary/aromatic N) is 2. The third-order valence-electron chi connectivity index (χ3n) is 1.52. The summed E-state index contributed by atoms with van der Waals surface area (Å²) >= 11 is 5.84. The predicted octanol–water partition coefficient (Wildman–Crippen LogP) is 2.30. The first kappa shape index (κ1) is 9.39. The van der Waals surface area contributed by atoms with Gasteiger partial charge in [0.15, 0.2) is 0 Å². The Hall–Kier alpha value is -0.700. The molecule has 1 heterocycles. The summed E-state index contributed by atoms with van der Waals surface area (Å²) < 4.78 is 6.74. The maximum absolute atomic E-state index is 5.84.